The zero-order valence-corrected chi connectivity index (χ0v) is 19.6. The molecule has 2 amide bonds. The minimum Gasteiger partial charge on any atom is -0.457 e. The Labute approximate surface area is 197 Å². The predicted octanol–water partition coefficient (Wildman–Crippen LogP) is 6.62. The lowest BCUT2D eigenvalue weighted by Gasteiger charge is -2.12. The molecule has 0 bridgehead atoms. The highest BCUT2D eigenvalue weighted by Crippen LogP contribution is 2.36. The minimum absolute atomic E-state index is 0.0403. The van der Waals surface area contributed by atoms with Crippen LogP contribution in [0.3, 0.4) is 0 Å². The molecular formula is C21H12Br2N2O5S. The van der Waals surface area contributed by atoms with Gasteiger partial charge in [-0.1, -0.05) is 28.1 Å². The monoisotopic (exact) mass is 562 g/mol. The van der Waals surface area contributed by atoms with Crippen molar-refractivity contribution in [3.8, 4) is 11.3 Å². The van der Waals surface area contributed by atoms with Gasteiger partial charge in [-0.25, -0.2) is 0 Å². The van der Waals surface area contributed by atoms with Crippen LogP contribution in [-0.4, -0.2) is 21.0 Å². The number of non-ortho nitro benzene ring substituents is 1. The van der Waals surface area contributed by atoms with Gasteiger partial charge in [0, 0.05) is 32.7 Å². The summed E-state index contributed by atoms with van der Waals surface area (Å²) in [5, 5.41) is 10.6. The molecule has 0 radical (unpaired) electrons. The van der Waals surface area contributed by atoms with Gasteiger partial charge in [0.2, 0.25) is 0 Å². The number of nitrogens with zero attached hydrogens (tertiary/aromatic N) is 2. The molecular weight excluding hydrogens is 552 g/mol. The smallest absolute Gasteiger partial charge is 0.293 e. The Kier molecular flexibility index (Phi) is 6.12. The summed E-state index contributed by atoms with van der Waals surface area (Å²) in [7, 11) is 0. The quantitative estimate of drug-likeness (QED) is 0.197. The van der Waals surface area contributed by atoms with Crippen molar-refractivity contribution in [3.63, 3.8) is 0 Å². The Morgan fingerprint density at radius 2 is 1.90 bits per heavy atom. The van der Waals surface area contributed by atoms with Crippen molar-refractivity contribution < 1.29 is 18.9 Å². The van der Waals surface area contributed by atoms with Gasteiger partial charge in [0.25, 0.3) is 16.8 Å². The lowest BCUT2D eigenvalue weighted by atomic mass is 10.1. The number of furan rings is 1. The number of nitro benzene ring substituents is 1. The third-order valence-electron chi connectivity index (χ3n) is 4.43. The molecule has 1 aliphatic heterocycles. The van der Waals surface area contributed by atoms with E-state index in [1.54, 1.807) is 18.2 Å². The number of carbonyl (C=O) groups excluding carboxylic acids is 2. The summed E-state index contributed by atoms with van der Waals surface area (Å²) < 4.78 is 7.17. The second-order valence-corrected chi connectivity index (χ2v) is 9.28. The van der Waals surface area contributed by atoms with E-state index >= 15 is 0 Å². The molecule has 1 aromatic heterocycles. The number of thioether (sulfide) groups is 1. The molecule has 0 saturated carbocycles. The molecule has 4 rings (SSSR count). The molecule has 0 unspecified atom stereocenters. The van der Waals surface area contributed by atoms with Crippen molar-refractivity contribution in [2.24, 2.45) is 0 Å². The fourth-order valence-corrected chi connectivity index (χ4v) is 4.80. The summed E-state index contributed by atoms with van der Waals surface area (Å²) in [5.74, 6) is 0.485. The van der Waals surface area contributed by atoms with E-state index in [1.807, 2.05) is 24.3 Å². The molecule has 1 saturated heterocycles. The molecule has 10 heteroatoms. The van der Waals surface area contributed by atoms with E-state index in [-0.39, 0.29) is 28.3 Å². The molecule has 0 aliphatic carbocycles. The highest BCUT2D eigenvalue weighted by atomic mass is 79.9. The molecule has 2 aromatic carbocycles. The molecule has 31 heavy (non-hydrogen) atoms. The molecule has 7 nitrogen and oxygen atoms in total. The van der Waals surface area contributed by atoms with Crippen LogP contribution in [0, 0.1) is 10.1 Å². The van der Waals surface area contributed by atoms with Crippen molar-refractivity contribution in [3.05, 3.63) is 89.9 Å². The van der Waals surface area contributed by atoms with E-state index < -0.39 is 4.92 Å². The summed E-state index contributed by atoms with van der Waals surface area (Å²) in [4.78, 5) is 37.0. The van der Waals surface area contributed by atoms with Crippen molar-refractivity contribution in [2.75, 3.05) is 0 Å². The summed E-state index contributed by atoms with van der Waals surface area (Å²) in [6, 6.07) is 15.1. The van der Waals surface area contributed by atoms with Gasteiger partial charge in [-0.15, -0.1) is 0 Å². The number of rotatable bonds is 5. The highest BCUT2D eigenvalue weighted by Gasteiger charge is 2.35. The molecule has 0 spiro atoms. The number of imide groups is 1. The number of halogens is 2. The first-order valence-corrected chi connectivity index (χ1v) is 11.3. The summed E-state index contributed by atoms with van der Waals surface area (Å²) in [5.41, 5.74) is 1.43. The maximum atomic E-state index is 12.7. The fraction of sp³-hybridized carbons (Fsp3) is 0.0476. The molecule has 0 atom stereocenters. The van der Waals surface area contributed by atoms with Gasteiger partial charge in [-0.2, -0.15) is 0 Å². The second kappa shape index (κ2) is 8.81. The Morgan fingerprint density at radius 3 is 2.61 bits per heavy atom. The van der Waals surface area contributed by atoms with Crippen LogP contribution >= 0.6 is 43.6 Å². The normalized spacial score (nSPS) is 15.2. The predicted molar refractivity (Wildman–Crippen MR) is 124 cm³/mol. The molecule has 3 aromatic rings. The largest absolute Gasteiger partial charge is 0.457 e. The summed E-state index contributed by atoms with van der Waals surface area (Å²) >= 11 is 7.56. The molecule has 156 valence electrons. The maximum absolute atomic E-state index is 12.7. The van der Waals surface area contributed by atoms with E-state index in [2.05, 4.69) is 31.9 Å². The van der Waals surface area contributed by atoms with Crippen molar-refractivity contribution >= 4 is 66.5 Å². The third kappa shape index (κ3) is 4.65. The van der Waals surface area contributed by atoms with Gasteiger partial charge in [0.15, 0.2) is 0 Å². The van der Waals surface area contributed by atoms with Crippen molar-refractivity contribution in [1.29, 1.82) is 0 Å². The van der Waals surface area contributed by atoms with E-state index in [0.29, 0.717) is 21.6 Å². The standard InChI is InChI=1S/C21H12Br2N2O5S/c22-13-3-1-2-12(8-13)11-24-20(26)19(31-21(24)27)10-15-5-7-18(30-15)16-6-4-14(25(28)29)9-17(16)23/h1-10H,11H2/b19-10+. The lowest BCUT2D eigenvalue weighted by molar-refractivity contribution is -0.384. The van der Waals surface area contributed by atoms with Gasteiger partial charge in [0.1, 0.15) is 11.5 Å². The Hall–Kier alpha value is -2.69. The van der Waals surface area contributed by atoms with E-state index in [9.17, 15) is 19.7 Å². The van der Waals surface area contributed by atoms with Crippen LogP contribution in [0.25, 0.3) is 17.4 Å². The zero-order chi connectivity index (χ0) is 22.1. The Bertz CT molecular complexity index is 1250. The van der Waals surface area contributed by atoms with E-state index in [0.717, 1.165) is 21.8 Å². The van der Waals surface area contributed by atoms with Crippen LogP contribution in [0.4, 0.5) is 10.5 Å². The Morgan fingerprint density at radius 1 is 1.10 bits per heavy atom. The first-order valence-electron chi connectivity index (χ1n) is 8.86. The number of hydrogen-bond acceptors (Lipinski definition) is 6. The third-order valence-corrected chi connectivity index (χ3v) is 6.49. The first kappa shape index (κ1) is 21.5. The van der Waals surface area contributed by atoms with Crippen LogP contribution in [-0.2, 0) is 11.3 Å². The van der Waals surface area contributed by atoms with Crippen LogP contribution in [0.5, 0.6) is 0 Å². The number of amides is 2. The van der Waals surface area contributed by atoms with Gasteiger partial charge in [-0.05, 0) is 63.6 Å². The van der Waals surface area contributed by atoms with Crippen LogP contribution < -0.4 is 0 Å². The first-order chi connectivity index (χ1) is 14.8. The fourth-order valence-electron chi connectivity index (χ4n) is 2.98. The van der Waals surface area contributed by atoms with Crippen molar-refractivity contribution in [1.82, 2.24) is 4.90 Å². The summed E-state index contributed by atoms with van der Waals surface area (Å²) in [6.07, 6.45) is 1.52. The zero-order valence-electron chi connectivity index (χ0n) is 15.6. The molecule has 2 heterocycles. The van der Waals surface area contributed by atoms with Gasteiger partial charge < -0.3 is 4.42 Å². The topological polar surface area (TPSA) is 93.7 Å². The minimum atomic E-state index is -0.480. The number of hydrogen-bond donors (Lipinski definition) is 0. The van der Waals surface area contributed by atoms with E-state index in [1.165, 1.54) is 23.1 Å². The molecule has 0 N–H and O–H groups in total. The summed E-state index contributed by atoms with van der Waals surface area (Å²) in [6.45, 7) is 0.181. The number of nitro groups is 1. The highest BCUT2D eigenvalue weighted by molar-refractivity contribution is 9.10. The average molecular weight is 564 g/mol. The second-order valence-electron chi connectivity index (χ2n) is 6.52. The van der Waals surface area contributed by atoms with Crippen LogP contribution in [0.1, 0.15) is 11.3 Å². The van der Waals surface area contributed by atoms with Crippen LogP contribution in [0.15, 0.2) is 72.9 Å². The van der Waals surface area contributed by atoms with Crippen LogP contribution in [0.2, 0.25) is 0 Å². The Balaban J connectivity index is 1.55. The van der Waals surface area contributed by atoms with Gasteiger partial charge in [0.05, 0.1) is 16.4 Å². The SMILES string of the molecule is O=C1S/C(=C/c2ccc(-c3ccc([N+](=O)[O-])cc3Br)o2)C(=O)N1Cc1cccc(Br)c1. The van der Waals surface area contributed by atoms with E-state index in [4.69, 9.17) is 4.42 Å². The maximum Gasteiger partial charge on any atom is 0.293 e. The average Bonchev–Trinajstić information content (AvgIpc) is 3.28. The van der Waals surface area contributed by atoms with Gasteiger partial charge in [-0.3, -0.25) is 24.6 Å². The molecule has 1 fully saturated rings. The van der Waals surface area contributed by atoms with Crippen molar-refractivity contribution in [2.45, 2.75) is 6.54 Å². The molecule has 1 aliphatic rings. The number of carbonyl (C=O) groups is 2. The number of benzene rings is 2. The van der Waals surface area contributed by atoms with Gasteiger partial charge >= 0.3 is 0 Å². The lowest BCUT2D eigenvalue weighted by Crippen LogP contribution is -2.27.